The van der Waals surface area contributed by atoms with Crippen LogP contribution in [0.5, 0.6) is 5.75 Å². The summed E-state index contributed by atoms with van der Waals surface area (Å²) in [6.45, 7) is 3.81. The molecule has 2 aromatic carbocycles. The molecule has 2 nitrogen and oxygen atoms in total. The van der Waals surface area contributed by atoms with Gasteiger partial charge in [0.05, 0.1) is 6.61 Å². The highest BCUT2D eigenvalue weighted by atomic mass is 19.1. The third-order valence-corrected chi connectivity index (χ3v) is 3.99. The minimum atomic E-state index is -0.189. The fraction of sp³-hybridized carbons (Fsp3) is 0.333. The van der Waals surface area contributed by atoms with Crippen molar-refractivity contribution in [2.75, 3.05) is 13.2 Å². The van der Waals surface area contributed by atoms with Gasteiger partial charge >= 0.3 is 0 Å². The van der Waals surface area contributed by atoms with E-state index in [4.69, 9.17) is 4.74 Å². The van der Waals surface area contributed by atoms with Crippen LogP contribution < -0.4 is 10.1 Å². The molecule has 0 aliphatic carbocycles. The summed E-state index contributed by atoms with van der Waals surface area (Å²) in [6, 6.07) is 13.4. The number of fused-ring (bicyclic) bond motifs is 1. The Kier molecular flexibility index (Phi) is 4.20. The third-order valence-electron chi connectivity index (χ3n) is 3.99. The lowest BCUT2D eigenvalue weighted by Crippen LogP contribution is -2.21. The van der Waals surface area contributed by atoms with Crippen LogP contribution in [0.2, 0.25) is 0 Å². The standard InChI is InChI=1S/C18H20FNO/c1-13(15-3-5-17(19)6-4-15)20-10-8-14-2-7-18-16(12-14)9-11-21-18/h2-7,12-13,20H,8-11H2,1H3/t13-/m1/s1. The Morgan fingerprint density at radius 3 is 2.81 bits per heavy atom. The van der Waals surface area contributed by atoms with Crippen molar-refractivity contribution in [2.45, 2.75) is 25.8 Å². The lowest BCUT2D eigenvalue weighted by atomic mass is 10.1. The number of halogens is 1. The Hall–Kier alpha value is -1.87. The maximum absolute atomic E-state index is 12.9. The number of benzene rings is 2. The largest absolute Gasteiger partial charge is 0.493 e. The number of hydrogen-bond acceptors (Lipinski definition) is 2. The molecule has 0 fully saturated rings. The SMILES string of the molecule is C[C@@H](NCCc1ccc2c(c1)CCO2)c1ccc(F)cc1. The van der Waals surface area contributed by atoms with Gasteiger partial charge in [0.15, 0.2) is 0 Å². The second-order valence-corrected chi connectivity index (χ2v) is 5.52. The molecule has 0 unspecified atom stereocenters. The van der Waals surface area contributed by atoms with Crippen LogP contribution in [-0.4, -0.2) is 13.2 Å². The maximum atomic E-state index is 12.9. The summed E-state index contributed by atoms with van der Waals surface area (Å²) in [5.41, 5.74) is 3.76. The molecule has 0 radical (unpaired) electrons. The van der Waals surface area contributed by atoms with Crippen molar-refractivity contribution in [3.05, 3.63) is 65.0 Å². The van der Waals surface area contributed by atoms with Crippen LogP contribution in [-0.2, 0) is 12.8 Å². The quantitative estimate of drug-likeness (QED) is 0.905. The molecule has 3 rings (SSSR count). The highest BCUT2D eigenvalue weighted by Crippen LogP contribution is 2.26. The van der Waals surface area contributed by atoms with E-state index in [9.17, 15) is 4.39 Å². The lowest BCUT2D eigenvalue weighted by Gasteiger charge is -2.14. The summed E-state index contributed by atoms with van der Waals surface area (Å²) < 4.78 is 18.4. The number of nitrogens with one attached hydrogen (secondary N) is 1. The van der Waals surface area contributed by atoms with Gasteiger partial charge < -0.3 is 10.1 Å². The molecule has 0 amide bonds. The minimum Gasteiger partial charge on any atom is -0.493 e. The Morgan fingerprint density at radius 1 is 1.19 bits per heavy atom. The van der Waals surface area contributed by atoms with Crippen molar-refractivity contribution in [2.24, 2.45) is 0 Å². The summed E-state index contributed by atoms with van der Waals surface area (Å²) in [6.07, 6.45) is 2.00. The average Bonchev–Trinajstić information content (AvgIpc) is 2.95. The molecule has 110 valence electrons. The van der Waals surface area contributed by atoms with Gasteiger partial charge in [-0.05, 0) is 54.8 Å². The predicted molar refractivity (Wildman–Crippen MR) is 82.2 cm³/mol. The van der Waals surface area contributed by atoms with Crippen LogP contribution in [0, 0.1) is 5.82 Å². The Labute approximate surface area is 125 Å². The summed E-state index contributed by atoms with van der Waals surface area (Å²) in [4.78, 5) is 0. The van der Waals surface area contributed by atoms with Crippen LogP contribution in [0.4, 0.5) is 4.39 Å². The molecule has 1 N–H and O–H groups in total. The molecular weight excluding hydrogens is 265 g/mol. The first-order chi connectivity index (χ1) is 10.2. The summed E-state index contributed by atoms with van der Waals surface area (Å²) in [7, 11) is 0. The van der Waals surface area contributed by atoms with Gasteiger partial charge in [-0.25, -0.2) is 4.39 Å². The van der Waals surface area contributed by atoms with Crippen molar-refractivity contribution in [1.29, 1.82) is 0 Å². The van der Waals surface area contributed by atoms with Crippen LogP contribution in [0.25, 0.3) is 0 Å². The Morgan fingerprint density at radius 2 is 2.00 bits per heavy atom. The van der Waals surface area contributed by atoms with Gasteiger partial charge in [0.1, 0.15) is 11.6 Å². The molecule has 1 heterocycles. The number of rotatable bonds is 5. The van der Waals surface area contributed by atoms with Crippen molar-refractivity contribution in [3.8, 4) is 5.75 Å². The van der Waals surface area contributed by atoms with Crippen molar-refractivity contribution < 1.29 is 9.13 Å². The van der Waals surface area contributed by atoms with Crippen LogP contribution in [0.15, 0.2) is 42.5 Å². The van der Waals surface area contributed by atoms with E-state index < -0.39 is 0 Å². The fourth-order valence-corrected chi connectivity index (χ4v) is 2.70. The van der Waals surface area contributed by atoms with Gasteiger partial charge in [-0.2, -0.15) is 0 Å². The first-order valence-corrected chi connectivity index (χ1v) is 7.46. The first kappa shape index (κ1) is 14.1. The molecule has 0 aromatic heterocycles. The van der Waals surface area contributed by atoms with Gasteiger partial charge in [-0.15, -0.1) is 0 Å². The van der Waals surface area contributed by atoms with E-state index in [2.05, 4.69) is 30.4 Å². The van der Waals surface area contributed by atoms with Gasteiger partial charge in [0.2, 0.25) is 0 Å². The van der Waals surface area contributed by atoms with E-state index >= 15 is 0 Å². The van der Waals surface area contributed by atoms with Crippen molar-refractivity contribution >= 4 is 0 Å². The molecule has 2 aromatic rings. The van der Waals surface area contributed by atoms with Gasteiger partial charge in [-0.1, -0.05) is 24.3 Å². The van der Waals surface area contributed by atoms with Crippen LogP contribution in [0.3, 0.4) is 0 Å². The molecular formula is C18H20FNO. The van der Waals surface area contributed by atoms with E-state index in [1.54, 1.807) is 0 Å². The zero-order chi connectivity index (χ0) is 14.7. The van der Waals surface area contributed by atoms with E-state index in [1.807, 2.05) is 12.1 Å². The zero-order valence-electron chi connectivity index (χ0n) is 12.2. The second-order valence-electron chi connectivity index (χ2n) is 5.52. The van der Waals surface area contributed by atoms with Gasteiger partial charge in [0.25, 0.3) is 0 Å². The normalized spacial score (nSPS) is 14.6. The lowest BCUT2D eigenvalue weighted by molar-refractivity contribution is 0.357. The highest BCUT2D eigenvalue weighted by Gasteiger charge is 2.12. The topological polar surface area (TPSA) is 21.3 Å². The number of hydrogen-bond donors (Lipinski definition) is 1. The smallest absolute Gasteiger partial charge is 0.123 e. The Bertz CT molecular complexity index is 609. The van der Waals surface area contributed by atoms with Crippen molar-refractivity contribution in [3.63, 3.8) is 0 Å². The van der Waals surface area contributed by atoms with E-state index in [-0.39, 0.29) is 11.9 Å². The molecule has 3 heteroatoms. The molecule has 1 atom stereocenters. The van der Waals surface area contributed by atoms with Gasteiger partial charge in [-0.3, -0.25) is 0 Å². The van der Waals surface area contributed by atoms with E-state index in [0.717, 1.165) is 37.3 Å². The van der Waals surface area contributed by atoms with Gasteiger partial charge in [0, 0.05) is 12.5 Å². The van der Waals surface area contributed by atoms with Crippen molar-refractivity contribution in [1.82, 2.24) is 5.32 Å². The third kappa shape index (κ3) is 3.42. The summed E-state index contributed by atoms with van der Waals surface area (Å²) in [5.74, 6) is 0.845. The van der Waals surface area contributed by atoms with E-state index in [1.165, 1.54) is 23.3 Å². The molecule has 0 saturated carbocycles. The molecule has 1 aliphatic heterocycles. The molecule has 0 spiro atoms. The second kappa shape index (κ2) is 6.27. The molecule has 21 heavy (non-hydrogen) atoms. The zero-order valence-corrected chi connectivity index (χ0v) is 12.2. The highest BCUT2D eigenvalue weighted by molar-refractivity contribution is 5.39. The minimum absolute atomic E-state index is 0.189. The predicted octanol–water partition coefficient (Wildman–Crippen LogP) is 3.65. The first-order valence-electron chi connectivity index (χ1n) is 7.46. The maximum Gasteiger partial charge on any atom is 0.123 e. The summed E-state index contributed by atoms with van der Waals surface area (Å²) >= 11 is 0. The summed E-state index contributed by atoms with van der Waals surface area (Å²) in [5, 5.41) is 3.48. The monoisotopic (exact) mass is 285 g/mol. The number of ether oxygens (including phenoxy) is 1. The molecule has 1 aliphatic rings. The average molecular weight is 285 g/mol. The van der Waals surface area contributed by atoms with E-state index in [0.29, 0.717) is 0 Å². The molecule has 0 bridgehead atoms. The van der Waals surface area contributed by atoms with Crippen LogP contribution in [0.1, 0.15) is 29.7 Å². The van der Waals surface area contributed by atoms with Crippen LogP contribution >= 0.6 is 0 Å². The molecule has 0 saturated heterocycles. The fourth-order valence-electron chi connectivity index (χ4n) is 2.70. The Balaban J connectivity index is 1.52.